The largest absolute Gasteiger partial charge is 0.306 e. The van der Waals surface area contributed by atoms with Gasteiger partial charge in [-0.3, -0.25) is 4.79 Å². The number of carbonyl (C=O) groups excluding carboxylic acids is 1. The quantitative estimate of drug-likeness (QED) is 0.767. The molecule has 2 nitrogen and oxygen atoms in total. The zero-order valence-electron chi connectivity index (χ0n) is 11.0. The molecule has 102 valence electrons. The zero-order valence-corrected chi connectivity index (χ0v) is 12.6. The fraction of sp³-hybridized carbons (Fsp3) is 0.0625. The first kappa shape index (κ1) is 14.7. The van der Waals surface area contributed by atoms with E-state index < -0.39 is 0 Å². The van der Waals surface area contributed by atoms with Gasteiger partial charge in [0.05, 0.1) is 0 Å². The van der Waals surface area contributed by atoms with Crippen molar-refractivity contribution in [2.24, 2.45) is 0 Å². The Kier molecular flexibility index (Phi) is 4.88. The SMILES string of the molecule is C=C(SC(=O)N(C)c1ccc(Cl)cc1)c1ccccc1. The van der Waals surface area contributed by atoms with E-state index in [4.69, 9.17) is 11.6 Å². The molecule has 0 aliphatic rings. The topological polar surface area (TPSA) is 20.3 Å². The summed E-state index contributed by atoms with van der Waals surface area (Å²) in [5.74, 6) is 0. The molecule has 2 rings (SSSR count). The maximum Gasteiger partial charge on any atom is 0.290 e. The predicted molar refractivity (Wildman–Crippen MR) is 88.3 cm³/mol. The first-order chi connectivity index (χ1) is 9.58. The van der Waals surface area contributed by atoms with Crippen LogP contribution in [0.4, 0.5) is 10.5 Å². The summed E-state index contributed by atoms with van der Waals surface area (Å²) in [6, 6.07) is 16.8. The summed E-state index contributed by atoms with van der Waals surface area (Å²) in [7, 11) is 1.73. The molecule has 2 aromatic rings. The summed E-state index contributed by atoms with van der Waals surface area (Å²) >= 11 is 6.96. The molecule has 2 aromatic carbocycles. The van der Waals surface area contributed by atoms with E-state index in [2.05, 4.69) is 6.58 Å². The van der Waals surface area contributed by atoms with Gasteiger partial charge in [-0.15, -0.1) is 0 Å². The van der Waals surface area contributed by atoms with Crippen molar-refractivity contribution in [3.63, 3.8) is 0 Å². The number of halogens is 1. The molecule has 0 unspecified atom stereocenters. The molecule has 0 radical (unpaired) electrons. The average molecular weight is 304 g/mol. The van der Waals surface area contributed by atoms with E-state index in [1.54, 1.807) is 24.1 Å². The van der Waals surface area contributed by atoms with Crippen LogP contribution in [-0.4, -0.2) is 12.3 Å². The van der Waals surface area contributed by atoms with Crippen LogP contribution in [0.1, 0.15) is 5.56 Å². The minimum Gasteiger partial charge on any atom is -0.306 e. The van der Waals surface area contributed by atoms with E-state index in [1.807, 2.05) is 42.5 Å². The van der Waals surface area contributed by atoms with Crippen LogP contribution in [0.25, 0.3) is 4.91 Å². The lowest BCUT2D eigenvalue weighted by atomic mass is 10.2. The zero-order chi connectivity index (χ0) is 14.5. The van der Waals surface area contributed by atoms with Crippen molar-refractivity contribution in [2.45, 2.75) is 0 Å². The number of hydrogen-bond donors (Lipinski definition) is 0. The van der Waals surface area contributed by atoms with Crippen molar-refractivity contribution in [1.82, 2.24) is 0 Å². The molecule has 0 heterocycles. The molecule has 0 atom stereocenters. The van der Waals surface area contributed by atoms with E-state index in [9.17, 15) is 4.79 Å². The lowest BCUT2D eigenvalue weighted by molar-refractivity contribution is 0.266. The van der Waals surface area contributed by atoms with Gasteiger partial charge in [0, 0.05) is 22.7 Å². The van der Waals surface area contributed by atoms with Gasteiger partial charge in [0.25, 0.3) is 5.24 Å². The number of carbonyl (C=O) groups is 1. The summed E-state index contributed by atoms with van der Waals surface area (Å²) < 4.78 is 0. The van der Waals surface area contributed by atoms with Crippen molar-refractivity contribution in [2.75, 3.05) is 11.9 Å². The number of nitrogens with zero attached hydrogens (tertiary/aromatic N) is 1. The van der Waals surface area contributed by atoms with Gasteiger partial charge in [-0.25, -0.2) is 0 Å². The van der Waals surface area contributed by atoms with Crippen LogP contribution in [0, 0.1) is 0 Å². The number of anilines is 1. The van der Waals surface area contributed by atoms with Gasteiger partial charge < -0.3 is 4.90 Å². The van der Waals surface area contributed by atoms with Crippen LogP contribution in [0.3, 0.4) is 0 Å². The number of benzene rings is 2. The molecule has 0 fully saturated rings. The second kappa shape index (κ2) is 6.64. The number of hydrogen-bond acceptors (Lipinski definition) is 2. The van der Waals surface area contributed by atoms with Crippen LogP contribution in [0.2, 0.25) is 5.02 Å². The molecule has 0 saturated heterocycles. The van der Waals surface area contributed by atoms with Crippen molar-refractivity contribution < 1.29 is 4.79 Å². The van der Waals surface area contributed by atoms with Gasteiger partial charge in [-0.1, -0.05) is 48.5 Å². The Bertz CT molecular complexity index is 610. The minimum absolute atomic E-state index is 0.0822. The molecule has 0 bridgehead atoms. The Labute approximate surface area is 128 Å². The fourth-order valence-electron chi connectivity index (χ4n) is 1.63. The molecule has 0 saturated carbocycles. The van der Waals surface area contributed by atoms with E-state index in [-0.39, 0.29) is 5.24 Å². The molecule has 0 aliphatic carbocycles. The Morgan fingerprint density at radius 3 is 2.30 bits per heavy atom. The van der Waals surface area contributed by atoms with Gasteiger partial charge in [-0.05, 0) is 41.6 Å². The monoisotopic (exact) mass is 303 g/mol. The Balaban J connectivity index is 2.05. The van der Waals surface area contributed by atoms with Crippen LogP contribution >= 0.6 is 23.4 Å². The normalized spacial score (nSPS) is 10.1. The highest BCUT2D eigenvalue weighted by atomic mass is 35.5. The lowest BCUT2D eigenvalue weighted by Gasteiger charge is -2.17. The summed E-state index contributed by atoms with van der Waals surface area (Å²) in [6.45, 7) is 3.95. The molecule has 0 aliphatic heterocycles. The molecule has 4 heteroatoms. The van der Waals surface area contributed by atoms with Crippen molar-refractivity contribution in [3.8, 4) is 0 Å². The minimum atomic E-state index is -0.0822. The number of rotatable bonds is 3. The smallest absolute Gasteiger partial charge is 0.290 e. The molecular formula is C16H14ClNOS. The Morgan fingerprint density at radius 1 is 1.10 bits per heavy atom. The third-order valence-corrected chi connectivity index (χ3v) is 3.98. The fourth-order valence-corrected chi connectivity index (χ4v) is 2.46. The van der Waals surface area contributed by atoms with E-state index in [0.717, 1.165) is 27.9 Å². The van der Waals surface area contributed by atoms with Crippen LogP contribution in [0.5, 0.6) is 0 Å². The van der Waals surface area contributed by atoms with Crippen LogP contribution in [0.15, 0.2) is 61.2 Å². The highest BCUT2D eigenvalue weighted by molar-refractivity contribution is 8.21. The van der Waals surface area contributed by atoms with Crippen LogP contribution < -0.4 is 4.90 Å². The summed E-state index contributed by atoms with van der Waals surface area (Å²) in [6.07, 6.45) is 0. The second-order valence-corrected chi connectivity index (χ2v) is 5.68. The molecule has 0 aromatic heterocycles. The van der Waals surface area contributed by atoms with Crippen molar-refractivity contribution in [3.05, 3.63) is 71.8 Å². The summed E-state index contributed by atoms with van der Waals surface area (Å²) in [5.41, 5.74) is 1.75. The maximum absolute atomic E-state index is 12.2. The van der Waals surface area contributed by atoms with Gasteiger partial charge in [-0.2, -0.15) is 0 Å². The van der Waals surface area contributed by atoms with Crippen molar-refractivity contribution in [1.29, 1.82) is 0 Å². The average Bonchev–Trinajstić information content (AvgIpc) is 2.48. The number of amides is 1. The van der Waals surface area contributed by atoms with Crippen LogP contribution in [-0.2, 0) is 0 Å². The molecular weight excluding hydrogens is 290 g/mol. The van der Waals surface area contributed by atoms with Gasteiger partial charge in [0.15, 0.2) is 0 Å². The first-order valence-corrected chi connectivity index (χ1v) is 7.23. The molecule has 0 N–H and O–H groups in total. The third kappa shape index (κ3) is 3.65. The van der Waals surface area contributed by atoms with Gasteiger partial charge >= 0.3 is 0 Å². The second-order valence-electron chi connectivity index (χ2n) is 4.19. The highest BCUT2D eigenvalue weighted by Gasteiger charge is 2.14. The first-order valence-electron chi connectivity index (χ1n) is 6.03. The summed E-state index contributed by atoms with van der Waals surface area (Å²) in [4.78, 5) is 14.5. The van der Waals surface area contributed by atoms with E-state index >= 15 is 0 Å². The van der Waals surface area contributed by atoms with E-state index in [1.165, 1.54) is 0 Å². The third-order valence-electron chi connectivity index (χ3n) is 2.79. The molecule has 1 amide bonds. The Hall–Kier alpha value is -1.71. The van der Waals surface area contributed by atoms with Crippen molar-refractivity contribution >= 4 is 39.2 Å². The lowest BCUT2D eigenvalue weighted by Crippen LogP contribution is -2.21. The maximum atomic E-state index is 12.2. The standard InChI is InChI=1S/C16H14ClNOS/c1-12(13-6-4-3-5-7-13)20-16(19)18(2)15-10-8-14(17)9-11-15/h3-11H,1H2,2H3. The Morgan fingerprint density at radius 2 is 1.70 bits per heavy atom. The molecule has 0 spiro atoms. The number of thioether (sulfide) groups is 1. The van der Waals surface area contributed by atoms with Gasteiger partial charge in [0.1, 0.15) is 0 Å². The van der Waals surface area contributed by atoms with E-state index in [0.29, 0.717) is 5.02 Å². The highest BCUT2D eigenvalue weighted by Crippen LogP contribution is 2.29. The van der Waals surface area contributed by atoms with Gasteiger partial charge in [0.2, 0.25) is 0 Å². The predicted octanol–water partition coefficient (Wildman–Crippen LogP) is 5.30. The summed E-state index contributed by atoms with van der Waals surface area (Å²) in [5, 5.41) is 0.567. The molecule has 20 heavy (non-hydrogen) atoms.